The fraction of sp³-hybridized carbons (Fsp3) is 0.556. The number of carbonyl (C=O) groups is 2. The van der Waals surface area contributed by atoms with Crippen LogP contribution in [0.1, 0.15) is 20.8 Å². The Morgan fingerprint density at radius 2 is 1.92 bits per heavy atom. The molecule has 0 spiro atoms. The molecule has 3 heteroatoms. The van der Waals surface area contributed by atoms with Gasteiger partial charge in [-0.05, 0) is 26.3 Å². The van der Waals surface area contributed by atoms with Gasteiger partial charge < -0.3 is 4.74 Å². The molecule has 68 valence electrons. The Morgan fingerprint density at radius 3 is 2.25 bits per heavy atom. The average molecular weight is 170 g/mol. The molecule has 0 fully saturated rings. The molecule has 0 bridgehead atoms. The topological polar surface area (TPSA) is 43.4 Å². The first-order chi connectivity index (χ1) is 5.54. The first-order valence-electron chi connectivity index (χ1n) is 3.79. The number of allylic oxidation sites excluding steroid dienone is 2. The third kappa shape index (κ3) is 2.49. The SMILES string of the molecule is C/C=C(\C)C(=O)C(C)C(=O)OC. The van der Waals surface area contributed by atoms with E-state index in [9.17, 15) is 9.59 Å². The van der Waals surface area contributed by atoms with E-state index in [1.165, 1.54) is 7.11 Å². The van der Waals surface area contributed by atoms with Crippen LogP contribution in [0.15, 0.2) is 11.6 Å². The average Bonchev–Trinajstić information content (AvgIpc) is 2.12. The van der Waals surface area contributed by atoms with Gasteiger partial charge in [0.05, 0.1) is 7.11 Å². The summed E-state index contributed by atoms with van der Waals surface area (Å²) in [6, 6.07) is 0. The molecule has 0 aliphatic carbocycles. The van der Waals surface area contributed by atoms with E-state index >= 15 is 0 Å². The van der Waals surface area contributed by atoms with Gasteiger partial charge in [0.1, 0.15) is 5.92 Å². The van der Waals surface area contributed by atoms with E-state index in [-0.39, 0.29) is 5.78 Å². The lowest BCUT2D eigenvalue weighted by Crippen LogP contribution is -2.22. The van der Waals surface area contributed by atoms with Crippen LogP contribution in [0.2, 0.25) is 0 Å². The highest BCUT2D eigenvalue weighted by molar-refractivity contribution is 6.07. The van der Waals surface area contributed by atoms with Gasteiger partial charge in [-0.3, -0.25) is 9.59 Å². The largest absolute Gasteiger partial charge is 0.468 e. The maximum atomic E-state index is 11.3. The number of ether oxygens (including phenoxy) is 1. The first kappa shape index (κ1) is 10.9. The molecule has 3 nitrogen and oxygen atoms in total. The molecule has 1 unspecified atom stereocenters. The molecule has 0 aliphatic rings. The van der Waals surface area contributed by atoms with E-state index in [0.29, 0.717) is 5.57 Å². The third-order valence-electron chi connectivity index (χ3n) is 1.77. The molecule has 0 radical (unpaired) electrons. The molecule has 0 saturated heterocycles. The van der Waals surface area contributed by atoms with Crippen LogP contribution in [0.4, 0.5) is 0 Å². The molecule has 0 aromatic rings. The first-order valence-corrected chi connectivity index (χ1v) is 3.79. The maximum Gasteiger partial charge on any atom is 0.316 e. The van der Waals surface area contributed by atoms with Crippen LogP contribution in [0, 0.1) is 5.92 Å². The smallest absolute Gasteiger partial charge is 0.316 e. The van der Waals surface area contributed by atoms with Crippen LogP contribution >= 0.6 is 0 Å². The van der Waals surface area contributed by atoms with E-state index in [2.05, 4.69) is 4.74 Å². The second kappa shape index (κ2) is 4.70. The summed E-state index contributed by atoms with van der Waals surface area (Å²) >= 11 is 0. The lowest BCUT2D eigenvalue weighted by molar-refractivity contribution is -0.147. The zero-order chi connectivity index (χ0) is 9.72. The number of rotatable bonds is 3. The minimum Gasteiger partial charge on any atom is -0.468 e. The Morgan fingerprint density at radius 1 is 1.42 bits per heavy atom. The van der Waals surface area contributed by atoms with Gasteiger partial charge in [-0.15, -0.1) is 0 Å². The van der Waals surface area contributed by atoms with Crippen molar-refractivity contribution in [1.82, 2.24) is 0 Å². The zero-order valence-corrected chi connectivity index (χ0v) is 7.88. The van der Waals surface area contributed by atoms with E-state index in [1.807, 2.05) is 0 Å². The Hall–Kier alpha value is -1.12. The van der Waals surface area contributed by atoms with Gasteiger partial charge in [0, 0.05) is 0 Å². The van der Waals surface area contributed by atoms with Crippen molar-refractivity contribution in [3.63, 3.8) is 0 Å². The van der Waals surface area contributed by atoms with Crippen molar-refractivity contribution in [3.05, 3.63) is 11.6 Å². The van der Waals surface area contributed by atoms with Gasteiger partial charge in [-0.25, -0.2) is 0 Å². The van der Waals surface area contributed by atoms with Crippen LogP contribution < -0.4 is 0 Å². The fourth-order valence-electron chi connectivity index (χ4n) is 0.768. The normalized spacial score (nSPS) is 13.8. The Kier molecular flexibility index (Phi) is 4.26. The Bertz CT molecular complexity index is 216. The van der Waals surface area contributed by atoms with E-state index in [1.54, 1.807) is 26.8 Å². The Balaban J connectivity index is 4.40. The van der Waals surface area contributed by atoms with Crippen LogP contribution in [-0.4, -0.2) is 18.9 Å². The standard InChI is InChI=1S/C9H14O3/c1-5-6(2)8(10)7(3)9(11)12-4/h5,7H,1-4H3/b6-5+. The molecule has 1 atom stereocenters. The number of hydrogen-bond donors (Lipinski definition) is 0. The Labute approximate surface area is 72.4 Å². The molecule has 0 aliphatic heterocycles. The van der Waals surface area contributed by atoms with Gasteiger partial charge in [0.2, 0.25) is 0 Å². The van der Waals surface area contributed by atoms with Crippen molar-refractivity contribution in [2.24, 2.45) is 5.92 Å². The number of esters is 1. The monoisotopic (exact) mass is 170 g/mol. The zero-order valence-electron chi connectivity index (χ0n) is 7.88. The van der Waals surface area contributed by atoms with Crippen LogP contribution in [0.5, 0.6) is 0 Å². The lowest BCUT2D eigenvalue weighted by atomic mass is 10.0. The predicted molar refractivity (Wildman–Crippen MR) is 45.6 cm³/mol. The van der Waals surface area contributed by atoms with Gasteiger partial charge in [0.15, 0.2) is 5.78 Å². The van der Waals surface area contributed by atoms with Crippen molar-refractivity contribution < 1.29 is 14.3 Å². The lowest BCUT2D eigenvalue weighted by Gasteiger charge is -2.07. The predicted octanol–water partition coefficient (Wildman–Crippen LogP) is 1.33. The number of methoxy groups -OCH3 is 1. The van der Waals surface area contributed by atoms with Gasteiger partial charge >= 0.3 is 5.97 Å². The summed E-state index contributed by atoms with van der Waals surface area (Å²) in [5, 5.41) is 0. The minimum atomic E-state index is -0.689. The number of Topliss-reactive ketones (excluding diaryl/α,β-unsaturated/α-hetero) is 1. The van der Waals surface area contributed by atoms with E-state index in [0.717, 1.165) is 0 Å². The van der Waals surface area contributed by atoms with Gasteiger partial charge in [-0.2, -0.15) is 0 Å². The van der Waals surface area contributed by atoms with Crippen LogP contribution in [0.3, 0.4) is 0 Å². The van der Waals surface area contributed by atoms with Crippen LogP contribution in [0.25, 0.3) is 0 Å². The van der Waals surface area contributed by atoms with Crippen LogP contribution in [-0.2, 0) is 14.3 Å². The second-order valence-electron chi connectivity index (χ2n) is 2.58. The molecule has 0 rings (SSSR count). The molecule has 0 saturated carbocycles. The molecule has 0 N–H and O–H groups in total. The second-order valence-corrected chi connectivity index (χ2v) is 2.58. The summed E-state index contributed by atoms with van der Waals surface area (Å²) in [5.41, 5.74) is 0.591. The minimum absolute atomic E-state index is 0.177. The summed E-state index contributed by atoms with van der Waals surface area (Å²) in [6.07, 6.45) is 1.68. The molecular formula is C9H14O3. The van der Waals surface area contributed by atoms with Gasteiger partial charge in [0.25, 0.3) is 0 Å². The summed E-state index contributed by atoms with van der Waals surface area (Å²) < 4.78 is 4.44. The number of carbonyl (C=O) groups excluding carboxylic acids is 2. The molecule has 0 amide bonds. The molecular weight excluding hydrogens is 156 g/mol. The fourth-order valence-corrected chi connectivity index (χ4v) is 0.768. The summed E-state index contributed by atoms with van der Waals surface area (Å²) in [5.74, 6) is -1.35. The summed E-state index contributed by atoms with van der Waals surface area (Å²) in [4.78, 5) is 22.2. The van der Waals surface area contributed by atoms with Crippen molar-refractivity contribution in [2.45, 2.75) is 20.8 Å². The van der Waals surface area contributed by atoms with Crippen molar-refractivity contribution >= 4 is 11.8 Å². The van der Waals surface area contributed by atoms with Crippen molar-refractivity contribution in [1.29, 1.82) is 0 Å². The third-order valence-corrected chi connectivity index (χ3v) is 1.77. The summed E-state index contributed by atoms with van der Waals surface area (Å²) in [7, 11) is 1.27. The molecule has 0 aromatic heterocycles. The van der Waals surface area contributed by atoms with E-state index < -0.39 is 11.9 Å². The number of hydrogen-bond acceptors (Lipinski definition) is 3. The number of ketones is 1. The summed E-state index contributed by atoms with van der Waals surface area (Å²) in [6.45, 7) is 4.99. The highest BCUT2D eigenvalue weighted by Crippen LogP contribution is 2.07. The van der Waals surface area contributed by atoms with Crippen molar-refractivity contribution in [3.8, 4) is 0 Å². The maximum absolute atomic E-state index is 11.3. The molecule has 0 heterocycles. The highest BCUT2D eigenvalue weighted by atomic mass is 16.5. The quantitative estimate of drug-likeness (QED) is 0.364. The molecule has 12 heavy (non-hydrogen) atoms. The van der Waals surface area contributed by atoms with Gasteiger partial charge in [-0.1, -0.05) is 6.08 Å². The molecule has 0 aromatic carbocycles. The highest BCUT2D eigenvalue weighted by Gasteiger charge is 2.22. The van der Waals surface area contributed by atoms with Crippen molar-refractivity contribution in [2.75, 3.05) is 7.11 Å². The van der Waals surface area contributed by atoms with E-state index in [4.69, 9.17) is 0 Å².